The minimum Gasteiger partial charge on any atom is -0.508 e. The number of aliphatic hydroxyl groups is 1. The third-order valence-corrected chi connectivity index (χ3v) is 7.97. The molecule has 0 unspecified atom stereocenters. The first-order valence-electron chi connectivity index (χ1n) is 17.0. The predicted octanol–water partition coefficient (Wildman–Crippen LogP) is -2.71. The largest absolute Gasteiger partial charge is 0.508 e. The van der Waals surface area contributed by atoms with Crippen LogP contribution in [0.25, 0.3) is 0 Å². The van der Waals surface area contributed by atoms with Crippen molar-refractivity contribution in [2.75, 3.05) is 19.7 Å². The molecule has 0 bridgehead atoms. The van der Waals surface area contributed by atoms with E-state index in [2.05, 4.69) is 31.9 Å². The number of aliphatic carboxylic acids is 1. The second-order valence-corrected chi connectivity index (χ2v) is 12.4. The average molecular weight is 743 g/mol. The van der Waals surface area contributed by atoms with Crippen LogP contribution in [0.4, 0.5) is 0 Å². The standard InChI is InChI=1S/C35H50N8O10/c1-20(40-34(51)28(19-44)43-31(48)21(2)39-32(49)25(37)16-23-11-13-24(45)14-12-23)30(47)38-18-29(46)41-27(17-22-8-4-3-5-9-22)33(50)42-26(35(52)53)10-6-7-15-36/h3-5,8-9,11-14,20-21,25-28,44-45H,6-7,10,15-19,36-37H2,1-2H3,(H,38,47)(H,39,49)(H,40,51)(H,41,46)(H,42,50)(H,43,48)(H,52,53)/t20-,21-,25-,26-,27-,28-/m0/s1. The molecule has 2 rings (SSSR count). The normalized spacial score (nSPS) is 14.2. The third kappa shape index (κ3) is 15.7. The zero-order valence-electron chi connectivity index (χ0n) is 29.7. The lowest BCUT2D eigenvalue weighted by Crippen LogP contribution is -2.58. The topological polar surface area (TPSA) is 304 Å². The van der Waals surface area contributed by atoms with Gasteiger partial charge < -0.3 is 58.7 Å². The number of phenolic OH excluding ortho intramolecular Hbond substituents is 1. The molecule has 0 aromatic heterocycles. The van der Waals surface area contributed by atoms with Crippen LogP contribution in [0.3, 0.4) is 0 Å². The molecular formula is C35H50N8O10. The van der Waals surface area contributed by atoms with Gasteiger partial charge in [0.2, 0.25) is 35.4 Å². The summed E-state index contributed by atoms with van der Waals surface area (Å²) < 4.78 is 0. The Morgan fingerprint density at radius 2 is 1.23 bits per heavy atom. The molecule has 18 nitrogen and oxygen atoms in total. The van der Waals surface area contributed by atoms with Gasteiger partial charge in [0, 0.05) is 6.42 Å². The van der Waals surface area contributed by atoms with Crippen molar-refractivity contribution in [3.63, 3.8) is 0 Å². The monoisotopic (exact) mass is 742 g/mol. The second-order valence-electron chi connectivity index (χ2n) is 12.4. The Morgan fingerprint density at radius 3 is 1.83 bits per heavy atom. The first kappa shape index (κ1) is 43.6. The Hall–Kier alpha value is -5.59. The summed E-state index contributed by atoms with van der Waals surface area (Å²) in [6.45, 7) is 1.54. The quantitative estimate of drug-likeness (QED) is 0.0549. The number of carbonyl (C=O) groups is 7. The van der Waals surface area contributed by atoms with Crippen LogP contribution in [-0.2, 0) is 46.4 Å². The van der Waals surface area contributed by atoms with Crippen LogP contribution >= 0.6 is 0 Å². The zero-order chi connectivity index (χ0) is 39.5. The number of rotatable bonds is 22. The number of hydrogen-bond acceptors (Lipinski definition) is 11. The fourth-order valence-corrected chi connectivity index (χ4v) is 4.88. The van der Waals surface area contributed by atoms with Gasteiger partial charge >= 0.3 is 5.97 Å². The summed E-state index contributed by atoms with van der Waals surface area (Å²) in [6, 6.07) is 7.43. The van der Waals surface area contributed by atoms with Crippen molar-refractivity contribution in [2.45, 2.75) is 82.2 Å². The number of unbranched alkanes of at least 4 members (excludes halogenated alkanes) is 1. The van der Waals surface area contributed by atoms with Gasteiger partial charge in [0.1, 0.15) is 36.0 Å². The summed E-state index contributed by atoms with van der Waals surface area (Å²) in [6.07, 6.45) is 1.31. The van der Waals surface area contributed by atoms with Crippen LogP contribution in [-0.4, -0.2) is 113 Å². The summed E-state index contributed by atoms with van der Waals surface area (Å²) in [5, 5.41) is 43.1. The van der Waals surface area contributed by atoms with Gasteiger partial charge in [0.05, 0.1) is 19.2 Å². The number of aliphatic hydroxyl groups excluding tert-OH is 1. The van der Waals surface area contributed by atoms with Crippen LogP contribution in [0, 0.1) is 0 Å². The smallest absolute Gasteiger partial charge is 0.326 e. The highest BCUT2D eigenvalue weighted by Gasteiger charge is 2.29. The van der Waals surface area contributed by atoms with E-state index in [-0.39, 0.29) is 25.0 Å². The molecule has 0 saturated carbocycles. The minimum absolute atomic E-state index is 0.0249. The zero-order valence-corrected chi connectivity index (χ0v) is 29.7. The lowest BCUT2D eigenvalue weighted by molar-refractivity contribution is -0.142. The molecule has 0 aliphatic rings. The van der Waals surface area contributed by atoms with Gasteiger partial charge in [0.15, 0.2) is 0 Å². The number of carboxylic acid groups (broad SMARTS) is 1. The van der Waals surface area contributed by atoms with E-state index in [1.807, 2.05) is 0 Å². The molecule has 2 aromatic carbocycles. The van der Waals surface area contributed by atoms with E-state index < -0.39 is 90.8 Å². The van der Waals surface area contributed by atoms with Crippen molar-refractivity contribution in [3.8, 4) is 5.75 Å². The van der Waals surface area contributed by atoms with Gasteiger partial charge in [-0.3, -0.25) is 28.8 Å². The predicted molar refractivity (Wildman–Crippen MR) is 192 cm³/mol. The van der Waals surface area contributed by atoms with Crippen molar-refractivity contribution >= 4 is 41.4 Å². The highest BCUT2D eigenvalue weighted by Crippen LogP contribution is 2.11. The number of amides is 6. The van der Waals surface area contributed by atoms with E-state index in [1.54, 1.807) is 42.5 Å². The number of nitrogens with one attached hydrogen (secondary N) is 6. The minimum atomic E-state index is -1.51. The molecule has 53 heavy (non-hydrogen) atoms. The van der Waals surface area contributed by atoms with E-state index in [0.29, 0.717) is 30.5 Å². The van der Waals surface area contributed by atoms with Crippen LogP contribution in [0.1, 0.15) is 44.2 Å². The SMILES string of the molecule is C[C@H](NC(=O)[C@H](CO)NC(=O)[C@H](C)NC(=O)[C@@H](N)Cc1ccc(O)cc1)C(=O)NCC(=O)N[C@@H](Cc1ccccc1)C(=O)N[C@@H](CCCCN)C(=O)O. The lowest BCUT2D eigenvalue weighted by Gasteiger charge is -2.23. The maximum absolute atomic E-state index is 13.1. The highest BCUT2D eigenvalue weighted by molar-refractivity contribution is 5.96. The van der Waals surface area contributed by atoms with Gasteiger partial charge in [-0.05, 0) is 69.3 Å². The number of nitrogens with two attached hydrogens (primary N) is 2. The molecule has 6 atom stereocenters. The van der Waals surface area contributed by atoms with Crippen molar-refractivity contribution < 1.29 is 48.9 Å². The first-order valence-corrected chi connectivity index (χ1v) is 17.0. The Labute approximate surface area is 306 Å². The van der Waals surface area contributed by atoms with Crippen LogP contribution in [0.15, 0.2) is 54.6 Å². The molecule has 0 saturated heterocycles. The Bertz CT molecular complexity index is 1540. The summed E-state index contributed by atoms with van der Waals surface area (Å²) in [5.74, 6) is -5.93. The molecule has 290 valence electrons. The van der Waals surface area contributed by atoms with Crippen LogP contribution in [0.2, 0.25) is 0 Å². The van der Waals surface area contributed by atoms with E-state index in [1.165, 1.54) is 26.0 Å². The van der Waals surface area contributed by atoms with E-state index in [0.717, 1.165) is 0 Å². The highest BCUT2D eigenvalue weighted by atomic mass is 16.4. The second kappa shape index (κ2) is 22.4. The summed E-state index contributed by atoms with van der Waals surface area (Å²) in [7, 11) is 0. The number of benzene rings is 2. The lowest BCUT2D eigenvalue weighted by atomic mass is 10.0. The number of phenols is 1. The summed E-state index contributed by atoms with van der Waals surface area (Å²) in [5.41, 5.74) is 12.8. The van der Waals surface area contributed by atoms with Crippen LogP contribution in [0.5, 0.6) is 5.75 Å². The fourth-order valence-electron chi connectivity index (χ4n) is 4.88. The summed E-state index contributed by atoms with van der Waals surface area (Å²) in [4.78, 5) is 88.5. The van der Waals surface area contributed by atoms with Gasteiger partial charge in [-0.1, -0.05) is 42.5 Å². The van der Waals surface area contributed by atoms with E-state index in [9.17, 15) is 48.9 Å². The molecule has 0 radical (unpaired) electrons. The molecule has 0 spiro atoms. The maximum atomic E-state index is 13.1. The van der Waals surface area contributed by atoms with Gasteiger partial charge in [-0.25, -0.2) is 4.79 Å². The molecule has 18 heteroatoms. The van der Waals surface area contributed by atoms with Gasteiger partial charge in [-0.2, -0.15) is 0 Å². The van der Waals surface area contributed by atoms with Crippen molar-refractivity contribution in [1.82, 2.24) is 31.9 Å². The van der Waals surface area contributed by atoms with Crippen molar-refractivity contribution in [2.24, 2.45) is 11.5 Å². The number of carbonyl (C=O) groups excluding carboxylic acids is 6. The number of hydrogen-bond donors (Lipinski definition) is 11. The van der Waals surface area contributed by atoms with Crippen LogP contribution < -0.4 is 43.4 Å². The fraction of sp³-hybridized carbons (Fsp3) is 0.457. The molecule has 13 N–H and O–H groups in total. The van der Waals surface area contributed by atoms with Crippen molar-refractivity contribution in [1.29, 1.82) is 0 Å². The van der Waals surface area contributed by atoms with Crippen molar-refractivity contribution in [3.05, 3.63) is 65.7 Å². The molecule has 0 aliphatic heterocycles. The summed E-state index contributed by atoms with van der Waals surface area (Å²) >= 11 is 0. The van der Waals surface area contributed by atoms with E-state index >= 15 is 0 Å². The van der Waals surface area contributed by atoms with Gasteiger partial charge in [0.25, 0.3) is 0 Å². The maximum Gasteiger partial charge on any atom is 0.326 e. The Morgan fingerprint density at radius 1 is 0.660 bits per heavy atom. The number of carboxylic acids is 1. The Balaban J connectivity index is 1.91. The molecule has 0 fully saturated rings. The Kier molecular flexibility index (Phi) is 18.4. The molecule has 0 heterocycles. The van der Waals surface area contributed by atoms with Gasteiger partial charge in [-0.15, -0.1) is 0 Å². The van der Waals surface area contributed by atoms with E-state index in [4.69, 9.17) is 11.5 Å². The first-order chi connectivity index (χ1) is 25.1. The molecule has 6 amide bonds. The molecular weight excluding hydrogens is 692 g/mol. The molecule has 2 aromatic rings. The third-order valence-electron chi connectivity index (χ3n) is 7.97. The average Bonchev–Trinajstić information content (AvgIpc) is 3.12. The molecule has 0 aliphatic carbocycles. The number of aromatic hydroxyl groups is 1.